The highest BCUT2D eigenvalue weighted by Crippen LogP contribution is 2.55. The van der Waals surface area contributed by atoms with Crippen molar-refractivity contribution in [2.24, 2.45) is 17.8 Å². The zero-order chi connectivity index (χ0) is 28.5. The molecular formula is C35H47N3O4. The minimum Gasteiger partial charge on any atom is -0.392 e. The maximum atomic E-state index is 12.9. The Morgan fingerprint density at radius 2 is 1.43 bits per heavy atom. The van der Waals surface area contributed by atoms with Gasteiger partial charge in [-0.15, -0.1) is 0 Å². The minimum atomic E-state index is -0.447. The van der Waals surface area contributed by atoms with Crippen molar-refractivity contribution in [3.8, 4) is 0 Å². The Balaban J connectivity index is 0.979. The van der Waals surface area contributed by atoms with Gasteiger partial charge in [-0.25, -0.2) is 4.79 Å². The molecule has 6 fully saturated rings. The quantitative estimate of drug-likeness (QED) is 0.362. The first-order chi connectivity index (χ1) is 20.5. The molecule has 4 saturated carbocycles. The summed E-state index contributed by atoms with van der Waals surface area (Å²) in [5.41, 5.74) is 4.12. The first kappa shape index (κ1) is 28.3. The zero-order valence-electron chi connectivity index (χ0n) is 24.8. The number of hydrogen-bond acceptors (Lipinski definition) is 5. The Hall–Kier alpha value is -2.45. The summed E-state index contributed by atoms with van der Waals surface area (Å²) in [5, 5.41) is 16.0. The molecule has 226 valence electrons. The Morgan fingerprint density at radius 1 is 0.810 bits per heavy atom. The number of hydrogen-bond donors (Lipinski definition) is 3. The van der Waals surface area contributed by atoms with Gasteiger partial charge in [0.25, 0.3) is 0 Å². The maximum absolute atomic E-state index is 12.9. The molecule has 4 bridgehead atoms. The van der Waals surface area contributed by atoms with E-state index in [9.17, 15) is 9.90 Å². The van der Waals surface area contributed by atoms with Crippen LogP contribution in [0.1, 0.15) is 98.9 Å². The van der Waals surface area contributed by atoms with Gasteiger partial charge in [0.15, 0.2) is 6.29 Å². The second-order valence-electron chi connectivity index (χ2n) is 14.0. The molecule has 4 aliphatic carbocycles. The summed E-state index contributed by atoms with van der Waals surface area (Å²) in [4.78, 5) is 15.5. The number of piperidine rings is 1. The monoisotopic (exact) mass is 573 g/mol. The van der Waals surface area contributed by atoms with Crippen LogP contribution in [0.3, 0.4) is 0 Å². The van der Waals surface area contributed by atoms with E-state index >= 15 is 0 Å². The molecule has 8 rings (SSSR count). The molecule has 2 heterocycles. The molecule has 2 amide bonds. The SMILES string of the molecule is O=C(NCc1ccc([C@@H]2O[C@H](CN3CCCCC3)C[C@H](c3ccc(CO)cc3)O2)cc1)NC12CC3CC(CC(C3)C1)C2. The van der Waals surface area contributed by atoms with E-state index in [1.807, 2.05) is 12.1 Å². The van der Waals surface area contributed by atoms with E-state index in [0.29, 0.717) is 6.54 Å². The minimum absolute atomic E-state index is 0.0258. The normalized spacial score (nSPS) is 34.3. The third-order valence-electron chi connectivity index (χ3n) is 10.6. The molecular weight excluding hydrogens is 526 g/mol. The van der Waals surface area contributed by atoms with Gasteiger partial charge in [0.1, 0.15) is 0 Å². The Kier molecular flexibility index (Phi) is 8.28. The fourth-order valence-corrected chi connectivity index (χ4v) is 8.99. The highest BCUT2D eigenvalue weighted by molar-refractivity contribution is 5.75. The van der Waals surface area contributed by atoms with Crippen molar-refractivity contribution in [3.63, 3.8) is 0 Å². The van der Waals surface area contributed by atoms with Gasteiger partial charge in [0.2, 0.25) is 0 Å². The fourth-order valence-electron chi connectivity index (χ4n) is 8.99. The lowest BCUT2D eigenvalue weighted by atomic mass is 9.53. The van der Waals surface area contributed by atoms with Gasteiger partial charge in [0.05, 0.1) is 18.8 Å². The largest absolute Gasteiger partial charge is 0.392 e. The predicted molar refractivity (Wildman–Crippen MR) is 161 cm³/mol. The van der Waals surface area contributed by atoms with Crippen molar-refractivity contribution in [1.29, 1.82) is 0 Å². The van der Waals surface area contributed by atoms with Crippen molar-refractivity contribution in [3.05, 3.63) is 70.8 Å². The Labute approximate surface area is 250 Å². The van der Waals surface area contributed by atoms with Crippen molar-refractivity contribution < 1.29 is 19.4 Å². The molecule has 0 unspecified atom stereocenters. The lowest BCUT2D eigenvalue weighted by molar-refractivity contribution is -0.253. The maximum Gasteiger partial charge on any atom is 0.315 e. The van der Waals surface area contributed by atoms with Crippen LogP contribution >= 0.6 is 0 Å². The van der Waals surface area contributed by atoms with E-state index in [4.69, 9.17) is 9.47 Å². The molecule has 3 N–H and O–H groups in total. The molecule has 6 aliphatic rings. The van der Waals surface area contributed by atoms with E-state index in [1.54, 1.807) is 0 Å². The number of likely N-dealkylation sites (tertiary alicyclic amines) is 1. The summed E-state index contributed by atoms with van der Waals surface area (Å²) in [5.74, 6) is 2.44. The zero-order valence-corrected chi connectivity index (χ0v) is 24.8. The smallest absolute Gasteiger partial charge is 0.315 e. The molecule has 42 heavy (non-hydrogen) atoms. The van der Waals surface area contributed by atoms with Crippen LogP contribution < -0.4 is 10.6 Å². The fraction of sp³-hybridized carbons (Fsp3) is 0.629. The van der Waals surface area contributed by atoms with Gasteiger partial charge in [-0.3, -0.25) is 0 Å². The molecule has 7 nitrogen and oxygen atoms in total. The van der Waals surface area contributed by atoms with Crippen LogP contribution in [0.25, 0.3) is 0 Å². The summed E-state index contributed by atoms with van der Waals surface area (Å²) < 4.78 is 13.1. The molecule has 2 saturated heterocycles. The number of benzene rings is 2. The number of rotatable bonds is 8. The van der Waals surface area contributed by atoms with Crippen molar-refractivity contribution >= 4 is 6.03 Å². The van der Waals surface area contributed by atoms with Gasteiger partial charge in [-0.1, -0.05) is 55.0 Å². The molecule has 2 aliphatic heterocycles. The van der Waals surface area contributed by atoms with Crippen molar-refractivity contribution in [2.75, 3.05) is 19.6 Å². The Bertz CT molecular complexity index is 1170. The number of aliphatic hydroxyl groups excluding tert-OH is 1. The number of ether oxygens (including phenoxy) is 2. The highest BCUT2D eigenvalue weighted by atomic mass is 16.7. The molecule has 0 aromatic heterocycles. The van der Waals surface area contributed by atoms with E-state index in [1.165, 1.54) is 38.5 Å². The van der Waals surface area contributed by atoms with Crippen LogP contribution in [0.2, 0.25) is 0 Å². The number of urea groups is 1. The molecule has 3 atom stereocenters. The van der Waals surface area contributed by atoms with Crippen LogP contribution in [-0.2, 0) is 22.6 Å². The third kappa shape index (κ3) is 6.40. The summed E-state index contributed by atoms with van der Waals surface area (Å²) >= 11 is 0. The van der Waals surface area contributed by atoms with Crippen LogP contribution in [0, 0.1) is 17.8 Å². The summed E-state index contributed by atoms with van der Waals surface area (Å²) in [7, 11) is 0. The Morgan fingerprint density at radius 3 is 2.07 bits per heavy atom. The van der Waals surface area contributed by atoms with Gasteiger partial charge in [-0.05, 0) is 98.9 Å². The molecule has 7 heteroatoms. The third-order valence-corrected chi connectivity index (χ3v) is 10.6. The molecule has 0 radical (unpaired) electrons. The summed E-state index contributed by atoms with van der Waals surface area (Å²) in [6.45, 7) is 3.74. The van der Waals surface area contributed by atoms with Gasteiger partial charge >= 0.3 is 6.03 Å². The first-order valence-electron chi connectivity index (χ1n) is 16.4. The number of nitrogens with one attached hydrogen (secondary N) is 2. The lowest BCUT2D eigenvalue weighted by Gasteiger charge is -2.56. The van der Waals surface area contributed by atoms with E-state index in [-0.39, 0.29) is 30.4 Å². The van der Waals surface area contributed by atoms with Crippen molar-refractivity contribution in [2.45, 2.75) is 101 Å². The second-order valence-corrected chi connectivity index (χ2v) is 14.0. The number of carbonyl (C=O) groups excluding carboxylic acids is 1. The predicted octanol–water partition coefficient (Wildman–Crippen LogP) is 5.98. The number of nitrogens with zero attached hydrogens (tertiary/aromatic N) is 1. The average molecular weight is 574 g/mol. The van der Waals surface area contributed by atoms with Crippen LogP contribution in [0.5, 0.6) is 0 Å². The average Bonchev–Trinajstić information content (AvgIpc) is 3.00. The van der Waals surface area contributed by atoms with E-state index < -0.39 is 6.29 Å². The topological polar surface area (TPSA) is 83.1 Å². The molecule has 2 aromatic rings. The first-order valence-corrected chi connectivity index (χ1v) is 16.4. The van der Waals surface area contributed by atoms with E-state index in [2.05, 4.69) is 51.9 Å². The molecule has 2 aromatic carbocycles. The van der Waals surface area contributed by atoms with Gasteiger partial charge in [-0.2, -0.15) is 0 Å². The second kappa shape index (κ2) is 12.3. The molecule has 0 spiro atoms. The van der Waals surface area contributed by atoms with E-state index in [0.717, 1.165) is 85.3 Å². The summed E-state index contributed by atoms with van der Waals surface area (Å²) in [6, 6.07) is 16.4. The standard InChI is InChI=1S/C35H47N3O4/c39-23-25-6-8-29(9-7-25)32-17-31(22-38-12-2-1-3-13-38)41-33(42-32)30-10-4-24(5-11-30)21-36-34(40)37-35-18-26-14-27(19-35)16-28(15-26)20-35/h4-11,26-28,31-33,39H,1-3,12-23H2,(H2,36,37,40)/t26?,27?,28?,31-,32+,33+,35?/m0/s1. The number of amides is 2. The highest BCUT2D eigenvalue weighted by Gasteiger charge is 2.51. The van der Waals surface area contributed by atoms with Crippen molar-refractivity contribution in [1.82, 2.24) is 15.5 Å². The summed E-state index contributed by atoms with van der Waals surface area (Å²) in [6.07, 6.45) is 11.8. The van der Waals surface area contributed by atoms with Gasteiger partial charge in [0, 0.05) is 30.6 Å². The van der Waals surface area contributed by atoms with Crippen LogP contribution in [-0.4, -0.2) is 47.3 Å². The van der Waals surface area contributed by atoms with Crippen LogP contribution in [0.4, 0.5) is 4.79 Å². The van der Waals surface area contributed by atoms with Crippen LogP contribution in [0.15, 0.2) is 48.5 Å². The lowest BCUT2D eigenvalue weighted by Crippen LogP contribution is -2.61. The van der Waals surface area contributed by atoms with Gasteiger partial charge < -0.3 is 30.1 Å². The number of carbonyl (C=O) groups is 1. The number of aliphatic hydroxyl groups is 1.